The van der Waals surface area contributed by atoms with Crippen molar-refractivity contribution in [3.05, 3.63) is 56.4 Å². The Morgan fingerprint density at radius 1 is 1.09 bits per heavy atom. The van der Waals surface area contributed by atoms with Gasteiger partial charge >= 0.3 is 0 Å². The summed E-state index contributed by atoms with van der Waals surface area (Å²) in [5, 5.41) is 0.371. The molecule has 2 heterocycles. The lowest BCUT2D eigenvalue weighted by molar-refractivity contribution is 0.103. The third kappa shape index (κ3) is 4.24. The highest BCUT2D eigenvalue weighted by Gasteiger charge is 2.31. The van der Waals surface area contributed by atoms with Crippen LogP contribution in [0.4, 0.5) is 14.5 Å². The molecule has 0 saturated carbocycles. The number of fused-ring (bicyclic) bond motifs is 1. The zero-order chi connectivity index (χ0) is 27.3. The van der Waals surface area contributed by atoms with Crippen LogP contribution >= 0.6 is 11.6 Å². The van der Waals surface area contributed by atoms with E-state index in [1.807, 2.05) is 4.72 Å². The Balaban J connectivity index is 2.22. The molecule has 2 aromatic heterocycles. The van der Waals surface area contributed by atoms with E-state index in [1.165, 1.54) is 13.8 Å². The number of carbonyl (C=O) groups is 1. The number of H-pyrrole nitrogens is 1. The standard InChI is InChI=1S/C23H26ClF2N3O3S/c1-7-8-33(31,32)29-21-11(3)10(2)19(25)18(20(21)26)22(30)17-14(6)28-23-16(17)12(4)15(9-24)13(5)27-23/h29H,7-9H2,1-6H3,(H,27,28)/i1D3. The first-order chi connectivity index (χ1) is 16.5. The molecule has 0 saturated heterocycles. The van der Waals surface area contributed by atoms with Gasteiger partial charge in [0.05, 0.1) is 22.6 Å². The highest BCUT2D eigenvalue weighted by molar-refractivity contribution is 7.92. The molecule has 0 aliphatic heterocycles. The van der Waals surface area contributed by atoms with E-state index in [2.05, 4.69) is 9.97 Å². The Kier molecular flexibility index (Phi) is 5.75. The molecule has 0 aliphatic carbocycles. The van der Waals surface area contributed by atoms with E-state index in [-0.39, 0.29) is 22.6 Å². The number of ketones is 1. The summed E-state index contributed by atoms with van der Waals surface area (Å²) in [7, 11) is -4.32. The number of aryl methyl sites for hydroxylation is 3. The van der Waals surface area contributed by atoms with E-state index >= 15 is 8.78 Å². The summed E-state index contributed by atoms with van der Waals surface area (Å²) in [5.41, 5.74) is 0.923. The van der Waals surface area contributed by atoms with E-state index in [0.717, 1.165) is 0 Å². The fourth-order valence-electron chi connectivity index (χ4n) is 3.91. The van der Waals surface area contributed by atoms with Crippen LogP contribution in [0.2, 0.25) is 0 Å². The number of nitrogens with zero attached hydrogens (tertiary/aromatic N) is 1. The van der Waals surface area contributed by atoms with Crippen LogP contribution in [0.5, 0.6) is 0 Å². The number of nitrogens with one attached hydrogen (secondary N) is 2. The summed E-state index contributed by atoms with van der Waals surface area (Å²) < 4.78 is 79.7. The van der Waals surface area contributed by atoms with Crippen molar-refractivity contribution >= 4 is 44.1 Å². The van der Waals surface area contributed by atoms with E-state index < -0.39 is 57.7 Å². The van der Waals surface area contributed by atoms with Crippen molar-refractivity contribution in [1.82, 2.24) is 9.97 Å². The molecule has 0 radical (unpaired) electrons. The SMILES string of the molecule is [2H]C([2H])([2H])CCS(=O)(=O)Nc1c(C)c(C)c(F)c(C(=O)c2c(C)[nH]c3nc(C)c(CCl)c(C)c23)c1F. The smallest absolute Gasteiger partial charge is 0.232 e. The van der Waals surface area contributed by atoms with Crippen LogP contribution in [0.3, 0.4) is 0 Å². The number of sulfonamides is 1. The fourth-order valence-corrected chi connectivity index (χ4v) is 5.23. The molecule has 33 heavy (non-hydrogen) atoms. The number of aromatic amines is 1. The molecule has 0 fully saturated rings. The van der Waals surface area contributed by atoms with Gasteiger partial charge in [-0.1, -0.05) is 6.85 Å². The van der Waals surface area contributed by atoms with Crippen LogP contribution in [0.15, 0.2) is 0 Å². The van der Waals surface area contributed by atoms with Crippen LogP contribution in [-0.4, -0.2) is 29.9 Å². The first kappa shape index (κ1) is 21.0. The molecular formula is C23H26ClF2N3O3S. The Morgan fingerprint density at radius 3 is 2.36 bits per heavy atom. The minimum Gasteiger partial charge on any atom is -0.343 e. The molecular weight excluding hydrogens is 472 g/mol. The average Bonchev–Trinajstić information content (AvgIpc) is 3.09. The number of pyridine rings is 1. The number of hydrogen-bond acceptors (Lipinski definition) is 4. The second kappa shape index (κ2) is 9.02. The molecule has 0 spiro atoms. The van der Waals surface area contributed by atoms with Crippen molar-refractivity contribution in [2.24, 2.45) is 0 Å². The molecule has 0 bridgehead atoms. The van der Waals surface area contributed by atoms with Crippen molar-refractivity contribution < 1.29 is 26.1 Å². The molecule has 0 unspecified atom stereocenters. The Morgan fingerprint density at radius 2 is 1.76 bits per heavy atom. The number of halogens is 3. The molecule has 2 N–H and O–H groups in total. The van der Waals surface area contributed by atoms with Crippen LogP contribution in [0.1, 0.15) is 66.9 Å². The maximum atomic E-state index is 15.7. The number of aromatic nitrogens is 2. The van der Waals surface area contributed by atoms with E-state index in [1.54, 1.807) is 20.8 Å². The second-order valence-electron chi connectivity index (χ2n) is 7.91. The number of carbonyl (C=O) groups excluding carboxylic acids is 1. The Hall–Kier alpha value is -2.52. The number of alkyl halides is 1. The maximum Gasteiger partial charge on any atom is 0.232 e. The Labute approximate surface area is 201 Å². The summed E-state index contributed by atoms with van der Waals surface area (Å²) in [6.07, 6.45) is -0.669. The van der Waals surface area contributed by atoms with Crippen LogP contribution in [0, 0.1) is 46.3 Å². The number of hydrogen-bond donors (Lipinski definition) is 2. The summed E-state index contributed by atoms with van der Waals surface area (Å²) in [6, 6.07) is 0. The van der Waals surface area contributed by atoms with Crippen molar-refractivity contribution in [3.8, 4) is 0 Å². The number of rotatable bonds is 7. The van der Waals surface area contributed by atoms with Crippen LogP contribution < -0.4 is 4.72 Å². The average molecular weight is 501 g/mol. The second-order valence-corrected chi connectivity index (χ2v) is 10.0. The molecule has 6 nitrogen and oxygen atoms in total. The van der Waals surface area contributed by atoms with E-state index in [4.69, 9.17) is 15.7 Å². The van der Waals surface area contributed by atoms with Gasteiger partial charge in [0.2, 0.25) is 15.8 Å². The lowest BCUT2D eigenvalue weighted by Gasteiger charge is -2.17. The third-order valence-corrected chi connectivity index (χ3v) is 7.38. The topological polar surface area (TPSA) is 91.9 Å². The van der Waals surface area contributed by atoms with E-state index in [9.17, 15) is 13.2 Å². The van der Waals surface area contributed by atoms with Gasteiger partial charge in [-0.25, -0.2) is 22.2 Å². The zero-order valence-corrected chi connectivity index (χ0v) is 20.4. The first-order valence-electron chi connectivity index (χ1n) is 11.6. The molecule has 3 rings (SSSR count). The first-order valence-corrected chi connectivity index (χ1v) is 12.3. The lowest BCUT2D eigenvalue weighted by Crippen LogP contribution is -2.21. The number of anilines is 1. The monoisotopic (exact) mass is 500 g/mol. The molecule has 0 amide bonds. The third-order valence-electron chi connectivity index (χ3n) is 5.85. The van der Waals surface area contributed by atoms with Gasteiger partial charge in [-0.3, -0.25) is 9.52 Å². The van der Waals surface area contributed by atoms with Crippen LogP contribution in [0.25, 0.3) is 11.0 Å². The summed E-state index contributed by atoms with van der Waals surface area (Å²) in [4.78, 5) is 21.1. The molecule has 3 aromatic rings. The van der Waals surface area contributed by atoms with Gasteiger partial charge < -0.3 is 4.98 Å². The molecule has 178 valence electrons. The Bertz CT molecular complexity index is 1500. The summed E-state index contributed by atoms with van der Waals surface area (Å²) in [6.45, 7) is 5.15. The van der Waals surface area contributed by atoms with Gasteiger partial charge in [-0.15, -0.1) is 11.6 Å². The quantitative estimate of drug-likeness (QED) is 0.331. The van der Waals surface area contributed by atoms with Gasteiger partial charge in [0, 0.05) is 26.8 Å². The molecule has 1 aromatic carbocycles. The van der Waals surface area contributed by atoms with Crippen molar-refractivity contribution in [3.63, 3.8) is 0 Å². The minimum atomic E-state index is -4.32. The van der Waals surface area contributed by atoms with Crippen LogP contribution in [-0.2, 0) is 15.9 Å². The fraction of sp³-hybridized carbons (Fsp3) is 0.391. The van der Waals surface area contributed by atoms with Gasteiger partial charge in [0.15, 0.2) is 5.82 Å². The van der Waals surface area contributed by atoms with Gasteiger partial charge in [-0.2, -0.15) is 0 Å². The highest BCUT2D eigenvalue weighted by Crippen LogP contribution is 2.35. The maximum absolute atomic E-state index is 15.7. The van der Waals surface area contributed by atoms with Crippen molar-refractivity contribution in [2.45, 2.75) is 53.8 Å². The minimum absolute atomic E-state index is 0.00127. The molecule has 0 atom stereocenters. The normalized spacial score (nSPS) is 13.6. The van der Waals surface area contributed by atoms with Crippen molar-refractivity contribution in [2.75, 3.05) is 10.5 Å². The van der Waals surface area contributed by atoms with Crippen molar-refractivity contribution in [1.29, 1.82) is 0 Å². The zero-order valence-electron chi connectivity index (χ0n) is 21.8. The number of benzene rings is 1. The summed E-state index contributed by atoms with van der Waals surface area (Å²) >= 11 is 6.06. The van der Waals surface area contributed by atoms with Gasteiger partial charge in [0.1, 0.15) is 11.5 Å². The highest BCUT2D eigenvalue weighted by atomic mass is 35.5. The van der Waals surface area contributed by atoms with Gasteiger partial charge in [0.25, 0.3) is 0 Å². The predicted octanol–water partition coefficient (Wildman–Crippen LogP) is 5.50. The predicted molar refractivity (Wildman–Crippen MR) is 127 cm³/mol. The lowest BCUT2D eigenvalue weighted by atomic mass is 9.93. The van der Waals surface area contributed by atoms with E-state index in [0.29, 0.717) is 33.5 Å². The summed E-state index contributed by atoms with van der Waals surface area (Å²) in [5.74, 6) is -4.19. The van der Waals surface area contributed by atoms with Gasteiger partial charge in [-0.05, 0) is 63.3 Å². The largest absolute Gasteiger partial charge is 0.343 e. The molecule has 10 heteroatoms. The molecule has 0 aliphatic rings.